The molecule has 0 saturated carbocycles. The third-order valence-corrected chi connectivity index (χ3v) is 2.71. The Labute approximate surface area is 116 Å². The second kappa shape index (κ2) is 6.20. The van der Waals surface area contributed by atoms with Gasteiger partial charge < -0.3 is 10.5 Å². The lowest BCUT2D eigenvalue weighted by Gasteiger charge is -2.06. The summed E-state index contributed by atoms with van der Waals surface area (Å²) in [5.41, 5.74) is 7.39. The Bertz CT molecular complexity index is 570. The highest BCUT2D eigenvalue weighted by Gasteiger charge is 2.04. The van der Waals surface area contributed by atoms with Gasteiger partial charge in [-0.1, -0.05) is 12.1 Å². The standard InChI is InChI=1S/C14H13ClN2O2/c15-5-6-19-13-3-1-10(2-4-13)11-7-12(14(16)18)9-17-8-11/h1-4,7-9H,5-6H2,(H2,16,18). The summed E-state index contributed by atoms with van der Waals surface area (Å²) in [5, 5.41) is 0. The number of nitrogens with zero attached hydrogens (tertiary/aromatic N) is 1. The van der Waals surface area contributed by atoms with Gasteiger partial charge in [0.1, 0.15) is 12.4 Å². The van der Waals surface area contributed by atoms with E-state index in [0.717, 1.165) is 16.9 Å². The molecule has 0 fully saturated rings. The van der Waals surface area contributed by atoms with E-state index in [1.165, 1.54) is 6.20 Å². The van der Waals surface area contributed by atoms with Crippen LogP contribution in [0.5, 0.6) is 5.75 Å². The Balaban J connectivity index is 2.22. The molecule has 98 valence electrons. The molecular weight excluding hydrogens is 264 g/mol. The maximum atomic E-state index is 11.1. The van der Waals surface area contributed by atoms with Crippen LogP contribution < -0.4 is 10.5 Å². The smallest absolute Gasteiger partial charge is 0.250 e. The first-order valence-corrected chi connectivity index (χ1v) is 6.28. The number of alkyl halides is 1. The molecule has 0 radical (unpaired) electrons. The van der Waals surface area contributed by atoms with Gasteiger partial charge in [0, 0.05) is 18.0 Å². The Morgan fingerprint density at radius 1 is 1.21 bits per heavy atom. The van der Waals surface area contributed by atoms with Crippen molar-refractivity contribution in [3.63, 3.8) is 0 Å². The summed E-state index contributed by atoms with van der Waals surface area (Å²) < 4.78 is 5.39. The van der Waals surface area contributed by atoms with E-state index in [2.05, 4.69) is 4.98 Å². The SMILES string of the molecule is NC(=O)c1cncc(-c2ccc(OCCCl)cc2)c1. The van der Waals surface area contributed by atoms with Crippen molar-refractivity contribution in [1.29, 1.82) is 0 Å². The van der Waals surface area contributed by atoms with Crippen molar-refractivity contribution in [2.75, 3.05) is 12.5 Å². The van der Waals surface area contributed by atoms with Gasteiger partial charge >= 0.3 is 0 Å². The topological polar surface area (TPSA) is 65.2 Å². The van der Waals surface area contributed by atoms with Crippen LogP contribution in [0.3, 0.4) is 0 Å². The first-order valence-electron chi connectivity index (χ1n) is 5.75. The van der Waals surface area contributed by atoms with Crippen LogP contribution in [0, 0.1) is 0 Å². The van der Waals surface area contributed by atoms with E-state index in [4.69, 9.17) is 22.1 Å². The van der Waals surface area contributed by atoms with Gasteiger partial charge in [-0.2, -0.15) is 0 Å². The minimum atomic E-state index is -0.489. The van der Waals surface area contributed by atoms with Crippen molar-refractivity contribution in [3.05, 3.63) is 48.3 Å². The number of benzene rings is 1. The highest BCUT2D eigenvalue weighted by atomic mass is 35.5. The van der Waals surface area contributed by atoms with Crippen LogP contribution in [-0.4, -0.2) is 23.4 Å². The molecule has 1 heterocycles. The quantitative estimate of drug-likeness (QED) is 0.853. The predicted octanol–water partition coefficient (Wildman–Crippen LogP) is 2.47. The van der Waals surface area contributed by atoms with E-state index in [-0.39, 0.29) is 0 Å². The lowest BCUT2D eigenvalue weighted by Crippen LogP contribution is -2.11. The Hall–Kier alpha value is -2.07. The van der Waals surface area contributed by atoms with E-state index < -0.39 is 5.91 Å². The molecule has 0 saturated heterocycles. The number of aromatic nitrogens is 1. The summed E-state index contributed by atoms with van der Waals surface area (Å²) in [6.45, 7) is 0.472. The molecular formula is C14H13ClN2O2. The summed E-state index contributed by atoms with van der Waals surface area (Å²) >= 11 is 5.55. The first kappa shape index (κ1) is 13.4. The lowest BCUT2D eigenvalue weighted by atomic mass is 10.1. The van der Waals surface area contributed by atoms with Crippen molar-refractivity contribution in [2.24, 2.45) is 5.73 Å². The summed E-state index contributed by atoms with van der Waals surface area (Å²) in [6, 6.07) is 9.19. The molecule has 0 bridgehead atoms. The second-order valence-electron chi connectivity index (χ2n) is 3.89. The summed E-state index contributed by atoms with van der Waals surface area (Å²) in [6.07, 6.45) is 3.13. The maximum absolute atomic E-state index is 11.1. The highest BCUT2D eigenvalue weighted by Crippen LogP contribution is 2.22. The van der Waals surface area contributed by atoms with E-state index in [1.54, 1.807) is 12.3 Å². The molecule has 1 aromatic heterocycles. The number of hydrogen-bond acceptors (Lipinski definition) is 3. The van der Waals surface area contributed by atoms with Gasteiger partial charge in [-0.15, -0.1) is 11.6 Å². The van der Waals surface area contributed by atoms with Crippen molar-refractivity contribution in [3.8, 4) is 16.9 Å². The first-order chi connectivity index (χ1) is 9.20. The number of carbonyl (C=O) groups excluding carboxylic acids is 1. The zero-order chi connectivity index (χ0) is 13.7. The number of ether oxygens (including phenoxy) is 1. The fourth-order valence-electron chi connectivity index (χ4n) is 1.63. The fraction of sp³-hybridized carbons (Fsp3) is 0.143. The average Bonchev–Trinajstić information content (AvgIpc) is 2.46. The number of amides is 1. The van der Waals surface area contributed by atoms with Gasteiger partial charge in [0.2, 0.25) is 5.91 Å². The molecule has 19 heavy (non-hydrogen) atoms. The van der Waals surface area contributed by atoms with Gasteiger partial charge in [0.15, 0.2) is 0 Å². The van der Waals surface area contributed by atoms with Crippen LogP contribution in [0.2, 0.25) is 0 Å². The Kier molecular flexibility index (Phi) is 4.36. The van der Waals surface area contributed by atoms with Crippen molar-refractivity contribution >= 4 is 17.5 Å². The fourth-order valence-corrected chi connectivity index (χ4v) is 1.71. The van der Waals surface area contributed by atoms with Crippen molar-refractivity contribution < 1.29 is 9.53 Å². The third kappa shape index (κ3) is 3.45. The third-order valence-electron chi connectivity index (χ3n) is 2.56. The van der Waals surface area contributed by atoms with E-state index >= 15 is 0 Å². The molecule has 0 aliphatic carbocycles. The van der Waals surface area contributed by atoms with Crippen LogP contribution in [0.4, 0.5) is 0 Å². The van der Waals surface area contributed by atoms with E-state index in [1.807, 2.05) is 24.3 Å². The van der Waals surface area contributed by atoms with Gasteiger partial charge in [0.05, 0.1) is 11.4 Å². The number of halogens is 1. The molecule has 0 unspecified atom stereocenters. The molecule has 4 nitrogen and oxygen atoms in total. The highest BCUT2D eigenvalue weighted by molar-refractivity contribution is 6.18. The van der Waals surface area contributed by atoms with Crippen LogP contribution in [0.1, 0.15) is 10.4 Å². The van der Waals surface area contributed by atoms with Crippen LogP contribution in [0.15, 0.2) is 42.7 Å². The van der Waals surface area contributed by atoms with Gasteiger partial charge in [-0.05, 0) is 23.8 Å². The normalized spacial score (nSPS) is 10.2. The molecule has 5 heteroatoms. The van der Waals surface area contributed by atoms with Gasteiger partial charge in [-0.3, -0.25) is 9.78 Å². The summed E-state index contributed by atoms with van der Waals surface area (Å²) in [4.78, 5) is 15.1. The molecule has 0 aliphatic rings. The summed E-state index contributed by atoms with van der Waals surface area (Å²) in [5.74, 6) is 0.714. The van der Waals surface area contributed by atoms with E-state index in [0.29, 0.717) is 18.1 Å². The zero-order valence-corrected chi connectivity index (χ0v) is 10.9. The van der Waals surface area contributed by atoms with Crippen LogP contribution in [-0.2, 0) is 0 Å². The van der Waals surface area contributed by atoms with E-state index in [9.17, 15) is 4.79 Å². The van der Waals surface area contributed by atoms with Crippen molar-refractivity contribution in [1.82, 2.24) is 4.98 Å². The minimum Gasteiger partial charge on any atom is -0.492 e. The van der Waals surface area contributed by atoms with Gasteiger partial charge in [-0.25, -0.2) is 0 Å². The van der Waals surface area contributed by atoms with Gasteiger partial charge in [0.25, 0.3) is 0 Å². The number of carbonyl (C=O) groups is 1. The largest absolute Gasteiger partial charge is 0.492 e. The predicted molar refractivity (Wildman–Crippen MR) is 74.4 cm³/mol. The molecule has 2 rings (SSSR count). The second-order valence-corrected chi connectivity index (χ2v) is 4.27. The molecule has 0 aliphatic heterocycles. The average molecular weight is 277 g/mol. The number of pyridine rings is 1. The molecule has 0 atom stereocenters. The maximum Gasteiger partial charge on any atom is 0.250 e. The molecule has 1 aromatic carbocycles. The minimum absolute atomic E-state index is 0.389. The van der Waals surface area contributed by atoms with Crippen molar-refractivity contribution in [2.45, 2.75) is 0 Å². The summed E-state index contributed by atoms with van der Waals surface area (Å²) in [7, 11) is 0. The van der Waals surface area contributed by atoms with Crippen LogP contribution >= 0.6 is 11.6 Å². The lowest BCUT2D eigenvalue weighted by molar-refractivity contribution is 0.1000. The molecule has 1 amide bonds. The molecule has 2 aromatic rings. The Morgan fingerprint density at radius 2 is 1.95 bits per heavy atom. The Morgan fingerprint density at radius 3 is 2.58 bits per heavy atom. The van der Waals surface area contributed by atoms with Crippen LogP contribution in [0.25, 0.3) is 11.1 Å². The molecule has 2 N–H and O–H groups in total. The number of hydrogen-bond donors (Lipinski definition) is 1. The number of nitrogens with two attached hydrogens (primary N) is 1. The molecule has 0 spiro atoms. The monoisotopic (exact) mass is 276 g/mol. The zero-order valence-electron chi connectivity index (χ0n) is 10.2. The number of rotatable bonds is 5. The number of primary amides is 1.